The minimum atomic E-state index is -0.769. The van der Waals surface area contributed by atoms with Gasteiger partial charge in [0.2, 0.25) is 5.91 Å². The molecule has 0 heterocycles. The Labute approximate surface area is 124 Å². The van der Waals surface area contributed by atoms with E-state index in [2.05, 4.69) is 5.32 Å². The van der Waals surface area contributed by atoms with E-state index in [-0.39, 0.29) is 17.9 Å². The van der Waals surface area contributed by atoms with Crippen molar-refractivity contribution in [1.82, 2.24) is 5.32 Å². The van der Waals surface area contributed by atoms with Crippen LogP contribution in [-0.4, -0.2) is 29.6 Å². The molecule has 2 N–H and O–H groups in total. The van der Waals surface area contributed by atoms with Crippen LogP contribution in [0.25, 0.3) is 0 Å². The molecule has 114 valence electrons. The molecular formula is C16H21NO4. The normalized spacial score (nSPS) is 20.4. The number of hydrogen-bond donors (Lipinski definition) is 2. The molecule has 0 bridgehead atoms. The lowest BCUT2D eigenvalue weighted by atomic mass is 9.80. The van der Waals surface area contributed by atoms with Gasteiger partial charge in [0.25, 0.3) is 0 Å². The van der Waals surface area contributed by atoms with Crippen molar-refractivity contribution in [3.8, 4) is 5.75 Å². The summed E-state index contributed by atoms with van der Waals surface area (Å²) >= 11 is 0. The van der Waals surface area contributed by atoms with Gasteiger partial charge in [0.15, 0.2) is 0 Å². The van der Waals surface area contributed by atoms with E-state index in [1.165, 1.54) is 0 Å². The molecule has 21 heavy (non-hydrogen) atoms. The number of aliphatic carboxylic acids is 1. The standard InChI is InChI=1S/C16H21NO4/c1-2-21-14-6-3-11(4-7-14)5-8-15(18)17-13-9-12(10-13)16(19)20/h3-4,6-7,12-13H,2,5,8-10H2,1H3,(H,17,18)(H,19,20). The number of carboxylic acid groups (broad SMARTS) is 1. The Hall–Kier alpha value is -2.04. The minimum Gasteiger partial charge on any atom is -0.494 e. The molecule has 0 atom stereocenters. The van der Waals surface area contributed by atoms with E-state index in [1.54, 1.807) is 0 Å². The zero-order valence-electron chi connectivity index (χ0n) is 12.2. The van der Waals surface area contributed by atoms with Crippen LogP contribution >= 0.6 is 0 Å². The molecule has 1 aliphatic rings. The second kappa shape index (κ2) is 7.11. The van der Waals surface area contributed by atoms with Crippen LogP contribution in [0.15, 0.2) is 24.3 Å². The second-order valence-corrected chi connectivity index (χ2v) is 5.35. The van der Waals surface area contributed by atoms with Crippen LogP contribution in [0, 0.1) is 5.92 Å². The quantitative estimate of drug-likeness (QED) is 0.805. The van der Waals surface area contributed by atoms with Crippen molar-refractivity contribution in [1.29, 1.82) is 0 Å². The molecule has 1 aromatic carbocycles. The Kier molecular flexibility index (Phi) is 5.20. The molecule has 1 fully saturated rings. The van der Waals surface area contributed by atoms with Gasteiger partial charge in [-0.05, 0) is 43.9 Å². The van der Waals surface area contributed by atoms with E-state index in [4.69, 9.17) is 9.84 Å². The van der Waals surface area contributed by atoms with Crippen LogP contribution in [0.2, 0.25) is 0 Å². The monoisotopic (exact) mass is 291 g/mol. The maximum atomic E-state index is 11.8. The molecule has 1 saturated carbocycles. The fourth-order valence-corrected chi connectivity index (χ4v) is 2.41. The van der Waals surface area contributed by atoms with Crippen molar-refractivity contribution in [3.05, 3.63) is 29.8 Å². The molecule has 0 spiro atoms. The molecule has 0 aromatic heterocycles. The third-order valence-electron chi connectivity index (χ3n) is 3.73. The number of benzene rings is 1. The molecule has 0 unspecified atom stereocenters. The van der Waals surface area contributed by atoms with Crippen LogP contribution in [0.3, 0.4) is 0 Å². The van der Waals surface area contributed by atoms with Gasteiger partial charge in [0.1, 0.15) is 5.75 Å². The molecule has 1 aromatic rings. The molecule has 2 rings (SSSR count). The smallest absolute Gasteiger partial charge is 0.306 e. The summed E-state index contributed by atoms with van der Waals surface area (Å²) in [4.78, 5) is 22.5. The van der Waals surface area contributed by atoms with E-state index in [9.17, 15) is 9.59 Å². The lowest BCUT2D eigenvalue weighted by Crippen LogP contribution is -2.46. The van der Waals surface area contributed by atoms with Crippen molar-refractivity contribution < 1.29 is 19.4 Å². The van der Waals surface area contributed by atoms with Crippen molar-refractivity contribution in [2.24, 2.45) is 5.92 Å². The number of aryl methyl sites for hydroxylation is 1. The van der Waals surface area contributed by atoms with Crippen LogP contribution in [0.4, 0.5) is 0 Å². The number of ether oxygens (including phenoxy) is 1. The first-order valence-electron chi connectivity index (χ1n) is 7.32. The number of nitrogens with one attached hydrogen (secondary N) is 1. The van der Waals surface area contributed by atoms with Gasteiger partial charge in [-0.1, -0.05) is 12.1 Å². The fraction of sp³-hybridized carbons (Fsp3) is 0.500. The zero-order valence-corrected chi connectivity index (χ0v) is 12.2. The Morgan fingerprint density at radius 1 is 1.29 bits per heavy atom. The Bertz CT molecular complexity index is 492. The summed E-state index contributed by atoms with van der Waals surface area (Å²) in [5.74, 6) is -0.242. The van der Waals surface area contributed by atoms with E-state index in [1.807, 2.05) is 31.2 Å². The van der Waals surface area contributed by atoms with Gasteiger partial charge in [-0.2, -0.15) is 0 Å². The highest BCUT2D eigenvalue weighted by Gasteiger charge is 2.34. The summed E-state index contributed by atoms with van der Waals surface area (Å²) in [6.45, 7) is 2.58. The highest BCUT2D eigenvalue weighted by atomic mass is 16.5. The first-order valence-corrected chi connectivity index (χ1v) is 7.32. The third kappa shape index (κ3) is 4.48. The fourth-order valence-electron chi connectivity index (χ4n) is 2.41. The van der Waals surface area contributed by atoms with E-state index >= 15 is 0 Å². The maximum absolute atomic E-state index is 11.8. The van der Waals surface area contributed by atoms with Crippen LogP contribution in [0.1, 0.15) is 31.7 Å². The third-order valence-corrected chi connectivity index (χ3v) is 3.73. The maximum Gasteiger partial charge on any atom is 0.306 e. The SMILES string of the molecule is CCOc1ccc(CCC(=O)NC2CC(C(=O)O)C2)cc1. The molecule has 0 saturated heterocycles. The average Bonchev–Trinajstić information content (AvgIpc) is 2.41. The Morgan fingerprint density at radius 2 is 1.95 bits per heavy atom. The first kappa shape index (κ1) is 15.4. The summed E-state index contributed by atoms with van der Waals surface area (Å²) in [6, 6.07) is 7.75. The predicted molar refractivity (Wildman–Crippen MR) is 78.2 cm³/mol. The van der Waals surface area contributed by atoms with E-state index < -0.39 is 5.97 Å². The molecule has 1 amide bonds. The molecule has 0 radical (unpaired) electrons. The largest absolute Gasteiger partial charge is 0.494 e. The van der Waals surface area contributed by atoms with Gasteiger partial charge in [-0.25, -0.2) is 0 Å². The lowest BCUT2D eigenvalue weighted by Gasteiger charge is -2.32. The number of carbonyl (C=O) groups excluding carboxylic acids is 1. The van der Waals surface area contributed by atoms with Gasteiger partial charge in [-0.3, -0.25) is 9.59 Å². The van der Waals surface area contributed by atoms with Crippen LogP contribution < -0.4 is 10.1 Å². The second-order valence-electron chi connectivity index (χ2n) is 5.35. The Morgan fingerprint density at radius 3 is 2.52 bits per heavy atom. The van der Waals surface area contributed by atoms with Crippen LogP contribution in [-0.2, 0) is 16.0 Å². The summed E-state index contributed by atoms with van der Waals surface area (Å²) < 4.78 is 5.36. The van der Waals surface area contributed by atoms with Crippen molar-refractivity contribution in [2.75, 3.05) is 6.61 Å². The summed E-state index contributed by atoms with van der Waals surface area (Å²) in [6.07, 6.45) is 2.18. The van der Waals surface area contributed by atoms with E-state index in [0.717, 1.165) is 11.3 Å². The number of carboxylic acids is 1. The van der Waals surface area contributed by atoms with E-state index in [0.29, 0.717) is 32.3 Å². The van der Waals surface area contributed by atoms with Gasteiger partial charge in [-0.15, -0.1) is 0 Å². The number of hydrogen-bond acceptors (Lipinski definition) is 3. The van der Waals surface area contributed by atoms with Gasteiger partial charge < -0.3 is 15.2 Å². The highest BCUT2D eigenvalue weighted by Crippen LogP contribution is 2.27. The molecule has 1 aliphatic carbocycles. The summed E-state index contributed by atoms with van der Waals surface area (Å²) in [5, 5.41) is 11.7. The molecular weight excluding hydrogens is 270 g/mol. The summed E-state index contributed by atoms with van der Waals surface area (Å²) in [5.41, 5.74) is 1.09. The first-order chi connectivity index (χ1) is 10.1. The lowest BCUT2D eigenvalue weighted by molar-refractivity contribution is -0.146. The van der Waals surface area contributed by atoms with Crippen molar-refractivity contribution in [3.63, 3.8) is 0 Å². The molecule has 0 aliphatic heterocycles. The minimum absolute atomic E-state index is 0.0160. The summed E-state index contributed by atoms with van der Waals surface area (Å²) in [7, 11) is 0. The number of carbonyl (C=O) groups is 2. The highest BCUT2D eigenvalue weighted by molar-refractivity contribution is 5.77. The Balaban J connectivity index is 1.68. The topological polar surface area (TPSA) is 75.6 Å². The number of rotatable bonds is 7. The van der Waals surface area contributed by atoms with Crippen molar-refractivity contribution in [2.45, 2.75) is 38.6 Å². The van der Waals surface area contributed by atoms with Gasteiger partial charge >= 0.3 is 5.97 Å². The van der Waals surface area contributed by atoms with Gasteiger partial charge in [0, 0.05) is 12.5 Å². The zero-order chi connectivity index (χ0) is 15.2. The predicted octanol–water partition coefficient (Wildman–Crippen LogP) is 2.00. The van der Waals surface area contributed by atoms with Crippen molar-refractivity contribution >= 4 is 11.9 Å². The molecule has 5 nitrogen and oxygen atoms in total. The number of amides is 1. The average molecular weight is 291 g/mol. The van der Waals surface area contributed by atoms with Crippen LogP contribution in [0.5, 0.6) is 5.75 Å². The molecule has 5 heteroatoms. The van der Waals surface area contributed by atoms with Gasteiger partial charge in [0.05, 0.1) is 12.5 Å².